The molecule has 0 fully saturated rings. The van der Waals surface area contributed by atoms with Crippen LogP contribution in [0.3, 0.4) is 0 Å². The summed E-state index contributed by atoms with van der Waals surface area (Å²) in [4.78, 5) is 11.3. The highest BCUT2D eigenvalue weighted by molar-refractivity contribution is 5.80. The maximum absolute atomic E-state index is 11.3. The number of hydrogen-bond donors (Lipinski definition) is 1. The smallest absolute Gasteiger partial charge is 0.248 e. The second-order valence-electron chi connectivity index (χ2n) is 4.64. The second kappa shape index (κ2) is 11.9. The zero-order valence-corrected chi connectivity index (χ0v) is 11.8. The number of ether oxygens (including phenoxy) is 1. The fourth-order valence-corrected chi connectivity index (χ4v) is 1.72. The summed E-state index contributed by atoms with van der Waals surface area (Å²) in [7, 11) is 1.56. The van der Waals surface area contributed by atoms with Crippen molar-refractivity contribution in [1.82, 2.24) is 5.32 Å². The lowest BCUT2D eigenvalue weighted by Crippen LogP contribution is -2.34. The SMILES string of the molecule is CCCCCCCCCCNC(=O)C(C)OC. The van der Waals surface area contributed by atoms with Crippen LogP contribution in [0.5, 0.6) is 0 Å². The van der Waals surface area contributed by atoms with Crippen LogP contribution >= 0.6 is 0 Å². The highest BCUT2D eigenvalue weighted by Crippen LogP contribution is 2.07. The van der Waals surface area contributed by atoms with Gasteiger partial charge in [0.2, 0.25) is 5.91 Å². The van der Waals surface area contributed by atoms with Gasteiger partial charge in [-0.3, -0.25) is 4.79 Å². The largest absolute Gasteiger partial charge is 0.372 e. The summed E-state index contributed by atoms with van der Waals surface area (Å²) in [5.74, 6) is -0.00422. The fourth-order valence-electron chi connectivity index (χ4n) is 1.72. The molecule has 1 N–H and O–H groups in total. The molecule has 0 rings (SSSR count). The highest BCUT2D eigenvalue weighted by atomic mass is 16.5. The summed E-state index contributed by atoms with van der Waals surface area (Å²) in [6.45, 7) is 4.79. The Hall–Kier alpha value is -0.570. The van der Waals surface area contributed by atoms with Crippen LogP contribution in [0.1, 0.15) is 65.2 Å². The minimum atomic E-state index is -0.330. The molecular formula is C14H29NO2. The average molecular weight is 243 g/mol. The van der Waals surface area contributed by atoms with E-state index in [9.17, 15) is 4.79 Å². The Morgan fingerprint density at radius 2 is 1.59 bits per heavy atom. The predicted molar refractivity (Wildman–Crippen MR) is 72.1 cm³/mol. The highest BCUT2D eigenvalue weighted by Gasteiger charge is 2.09. The molecule has 1 amide bonds. The van der Waals surface area contributed by atoms with Gasteiger partial charge in [0.05, 0.1) is 0 Å². The van der Waals surface area contributed by atoms with Gasteiger partial charge in [-0.05, 0) is 13.3 Å². The lowest BCUT2D eigenvalue weighted by molar-refractivity contribution is -0.130. The third kappa shape index (κ3) is 10.3. The maximum Gasteiger partial charge on any atom is 0.248 e. The van der Waals surface area contributed by atoms with Crippen molar-refractivity contribution in [3.8, 4) is 0 Å². The van der Waals surface area contributed by atoms with E-state index >= 15 is 0 Å². The van der Waals surface area contributed by atoms with Crippen LogP contribution in [-0.2, 0) is 9.53 Å². The van der Waals surface area contributed by atoms with Gasteiger partial charge in [0, 0.05) is 13.7 Å². The van der Waals surface area contributed by atoms with Crippen molar-refractivity contribution in [2.24, 2.45) is 0 Å². The van der Waals surface area contributed by atoms with Gasteiger partial charge >= 0.3 is 0 Å². The van der Waals surface area contributed by atoms with Crippen molar-refractivity contribution in [1.29, 1.82) is 0 Å². The third-order valence-corrected chi connectivity index (χ3v) is 3.05. The van der Waals surface area contributed by atoms with E-state index < -0.39 is 0 Å². The van der Waals surface area contributed by atoms with Crippen molar-refractivity contribution in [3.63, 3.8) is 0 Å². The van der Waals surface area contributed by atoms with E-state index in [1.807, 2.05) is 0 Å². The molecule has 0 heterocycles. The standard InChI is InChI=1S/C14H29NO2/c1-4-5-6-7-8-9-10-11-12-15-14(16)13(2)17-3/h13H,4-12H2,1-3H3,(H,15,16). The summed E-state index contributed by atoms with van der Waals surface area (Å²) in [6.07, 6.45) is 10.0. The Morgan fingerprint density at radius 1 is 1.06 bits per heavy atom. The second-order valence-corrected chi connectivity index (χ2v) is 4.64. The number of nitrogens with one attached hydrogen (secondary N) is 1. The number of rotatable bonds is 11. The van der Waals surface area contributed by atoms with E-state index in [1.165, 1.54) is 44.9 Å². The quantitative estimate of drug-likeness (QED) is 0.566. The Balaban J connectivity index is 3.16. The molecule has 0 aromatic carbocycles. The number of carbonyl (C=O) groups excluding carboxylic acids is 1. The number of hydrogen-bond acceptors (Lipinski definition) is 2. The zero-order chi connectivity index (χ0) is 12.9. The maximum atomic E-state index is 11.3. The molecule has 0 saturated heterocycles. The first-order valence-corrected chi connectivity index (χ1v) is 7.02. The molecule has 0 radical (unpaired) electrons. The first-order chi connectivity index (χ1) is 8.22. The molecule has 0 aromatic heterocycles. The Bertz CT molecular complexity index is 183. The molecular weight excluding hydrogens is 214 g/mol. The molecule has 17 heavy (non-hydrogen) atoms. The number of carbonyl (C=O) groups is 1. The molecule has 3 heteroatoms. The molecule has 0 saturated carbocycles. The van der Waals surface area contributed by atoms with Crippen molar-refractivity contribution >= 4 is 5.91 Å². The van der Waals surface area contributed by atoms with Crippen molar-refractivity contribution in [3.05, 3.63) is 0 Å². The van der Waals surface area contributed by atoms with Crippen LogP contribution in [0.15, 0.2) is 0 Å². The van der Waals surface area contributed by atoms with Crippen LogP contribution in [0, 0.1) is 0 Å². The minimum Gasteiger partial charge on any atom is -0.372 e. The van der Waals surface area contributed by atoms with E-state index in [1.54, 1.807) is 14.0 Å². The zero-order valence-electron chi connectivity index (χ0n) is 11.8. The summed E-state index contributed by atoms with van der Waals surface area (Å²) in [6, 6.07) is 0. The first-order valence-electron chi connectivity index (χ1n) is 7.02. The van der Waals surface area contributed by atoms with E-state index in [2.05, 4.69) is 12.2 Å². The number of unbranched alkanes of at least 4 members (excludes halogenated alkanes) is 7. The van der Waals surface area contributed by atoms with E-state index in [-0.39, 0.29) is 12.0 Å². The Kier molecular flexibility index (Phi) is 11.5. The molecule has 0 aliphatic rings. The monoisotopic (exact) mass is 243 g/mol. The lowest BCUT2D eigenvalue weighted by atomic mass is 10.1. The molecule has 3 nitrogen and oxygen atoms in total. The normalized spacial score (nSPS) is 12.4. The average Bonchev–Trinajstić information content (AvgIpc) is 2.35. The predicted octanol–water partition coefficient (Wildman–Crippen LogP) is 3.28. The fraction of sp³-hybridized carbons (Fsp3) is 0.929. The molecule has 0 aliphatic carbocycles. The molecule has 0 aliphatic heterocycles. The molecule has 1 unspecified atom stereocenters. The van der Waals surface area contributed by atoms with Crippen LogP contribution in [0.2, 0.25) is 0 Å². The van der Waals surface area contributed by atoms with Gasteiger partial charge < -0.3 is 10.1 Å². The van der Waals surface area contributed by atoms with Crippen LogP contribution in [0.4, 0.5) is 0 Å². The Labute approximate surface area is 106 Å². The van der Waals surface area contributed by atoms with E-state index in [0.717, 1.165) is 13.0 Å². The lowest BCUT2D eigenvalue weighted by Gasteiger charge is -2.10. The molecule has 102 valence electrons. The molecule has 0 spiro atoms. The van der Waals surface area contributed by atoms with Gasteiger partial charge in [-0.25, -0.2) is 0 Å². The van der Waals surface area contributed by atoms with Gasteiger partial charge in [-0.2, -0.15) is 0 Å². The van der Waals surface area contributed by atoms with E-state index in [4.69, 9.17) is 4.74 Å². The first kappa shape index (κ1) is 16.4. The van der Waals surface area contributed by atoms with Crippen LogP contribution < -0.4 is 5.32 Å². The van der Waals surface area contributed by atoms with Gasteiger partial charge in [0.1, 0.15) is 6.10 Å². The summed E-state index contributed by atoms with van der Waals surface area (Å²) >= 11 is 0. The van der Waals surface area contributed by atoms with Crippen LogP contribution in [-0.4, -0.2) is 25.7 Å². The van der Waals surface area contributed by atoms with Crippen molar-refractivity contribution in [2.45, 2.75) is 71.3 Å². The van der Waals surface area contributed by atoms with E-state index in [0.29, 0.717) is 0 Å². The van der Waals surface area contributed by atoms with Crippen molar-refractivity contribution in [2.75, 3.05) is 13.7 Å². The minimum absolute atomic E-state index is 0.00422. The Morgan fingerprint density at radius 3 is 2.12 bits per heavy atom. The number of methoxy groups -OCH3 is 1. The number of amides is 1. The van der Waals surface area contributed by atoms with Crippen LogP contribution in [0.25, 0.3) is 0 Å². The summed E-state index contributed by atoms with van der Waals surface area (Å²) < 4.78 is 4.93. The van der Waals surface area contributed by atoms with Crippen molar-refractivity contribution < 1.29 is 9.53 Å². The van der Waals surface area contributed by atoms with Gasteiger partial charge in [0.15, 0.2) is 0 Å². The summed E-state index contributed by atoms with van der Waals surface area (Å²) in [5.41, 5.74) is 0. The summed E-state index contributed by atoms with van der Waals surface area (Å²) in [5, 5.41) is 2.88. The third-order valence-electron chi connectivity index (χ3n) is 3.05. The van der Waals surface area contributed by atoms with Gasteiger partial charge in [-0.1, -0.05) is 51.9 Å². The van der Waals surface area contributed by atoms with Gasteiger partial charge in [0.25, 0.3) is 0 Å². The molecule has 0 bridgehead atoms. The molecule has 0 aromatic rings. The molecule has 1 atom stereocenters. The van der Waals surface area contributed by atoms with Gasteiger partial charge in [-0.15, -0.1) is 0 Å². The topological polar surface area (TPSA) is 38.3 Å².